The number of nitrogens with zero attached hydrogens (tertiary/aromatic N) is 2. The van der Waals surface area contributed by atoms with Crippen LogP contribution in [0.5, 0.6) is 0 Å². The van der Waals surface area contributed by atoms with Crippen LogP contribution in [0.1, 0.15) is 22.3 Å². The summed E-state index contributed by atoms with van der Waals surface area (Å²) in [5, 5.41) is 12.2. The molecule has 10 aromatic rings. The van der Waals surface area contributed by atoms with Gasteiger partial charge in [0.15, 0.2) is 0 Å². The SMILES string of the molecule is C(#Cc1ccc2ccc3ccc4ccc5ccc6ccc(C#Cc7ccc(-c8cccnc8)cc7)cc6c5c4c3c2c1)c1ccc(-c2cccnc2)cc1. The molecule has 0 aliphatic heterocycles. The lowest BCUT2D eigenvalue weighted by atomic mass is 9.90. The average molecular weight is 683 g/mol. The van der Waals surface area contributed by atoms with Gasteiger partial charge < -0.3 is 0 Å². The molecule has 0 fully saturated rings. The van der Waals surface area contributed by atoms with Gasteiger partial charge >= 0.3 is 0 Å². The van der Waals surface area contributed by atoms with Crippen LogP contribution in [0.3, 0.4) is 0 Å². The van der Waals surface area contributed by atoms with Crippen molar-refractivity contribution in [3.05, 3.63) is 205 Å². The molecule has 0 amide bonds. The minimum absolute atomic E-state index is 0.976. The summed E-state index contributed by atoms with van der Waals surface area (Å²) in [6, 6.07) is 55.9. The molecule has 0 saturated heterocycles. The lowest BCUT2D eigenvalue weighted by molar-refractivity contribution is 1.33. The summed E-state index contributed by atoms with van der Waals surface area (Å²) in [5.74, 6) is 13.7. The molecular formula is C52H30N2. The monoisotopic (exact) mass is 682 g/mol. The Labute approximate surface area is 313 Å². The van der Waals surface area contributed by atoms with Crippen molar-refractivity contribution in [1.29, 1.82) is 0 Å². The summed E-state index contributed by atoms with van der Waals surface area (Å²) in [4.78, 5) is 8.51. The van der Waals surface area contributed by atoms with Crippen molar-refractivity contribution in [3.63, 3.8) is 0 Å². The van der Waals surface area contributed by atoms with Gasteiger partial charge in [-0.1, -0.05) is 121 Å². The molecule has 2 nitrogen and oxygen atoms in total. The summed E-state index contributed by atoms with van der Waals surface area (Å²) in [7, 11) is 0. The predicted molar refractivity (Wildman–Crippen MR) is 225 cm³/mol. The van der Waals surface area contributed by atoms with E-state index in [4.69, 9.17) is 0 Å². The molecular weight excluding hydrogens is 653 g/mol. The topological polar surface area (TPSA) is 25.8 Å². The number of rotatable bonds is 2. The second kappa shape index (κ2) is 13.2. The number of fused-ring (bicyclic) bond motifs is 9. The molecule has 2 heterocycles. The zero-order valence-electron chi connectivity index (χ0n) is 29.2. The maximum Gasteiger partial charge on any atom is 0.0346 e. The third kappa shape index (κ3) is 5.79. The van der Waals surface area contributed by atoms with E-state index in [-0.39, 0.29) is 0 Å². The largest absolute Gasteiger partial charge is 0.264 e. The van der Waals surface area contributed by atoms with Gasteiger partial charge in [0, 0.05) is 47.0 Å². The molecule has 0 aliphatic carbocycles. The quantitative estimate of drug-likeness (QED) is 0.134. The molecule has 0 aliphatic rings. The van der Waals surface area contributed by atoms with Crippen LogP contribution in [-0.2, 0) is 0 Å². The third-order valence-electron chi connectivity index (χ3n) is 10.2. The van der Waals surface area contributed by atoms with Gasteiger partial charge in [0.05, 0.1) is 0 Å². The second-order valence-electron chi connectivity index (χ2n) is 13.6. The van der Waals surface area contributed by atoms with E-state index in [1.54, 1.807) is 12.4 Å². The zero-order valence-corrected chi connectivity index (χ0v) is 29.2. The zero-order chi connectivity index (χ0) is 35.8. The van der Waals surface area contributed by atoms with Gasteiger partial charge in [-0.25, -0.2) is 0 Å². The first-order valence-corrected chi connectivity index (χ1v) is 18.0. The Balaban J connectivity index is 1.09. The van der Waals surface area contributed by atoms with Gasteiger partial charge in [-0.05, 0) is 137 Å². The standard InChI is InChI=1S/C52H30N2/c1-3-46(33-53-29-1)39-15-9-35(10-16-39)5-7-37-13-19-41-21-23-43-25-27-45-28-26-44-24-22-42-20-14-38(32-49(42)51(44)52(45)50(43)48(41)31-37)8-6-36-11-17-40(18-12-36)47-4-2-30-54-34-47/h1-4,9-34H. The number of hydrogen-bond donors (Lipinski definition) is 0. The molecule has 10 rings (SSSR count). The Bertz CT molecular complexity index is 2950. The number of aromatic nitrogens is 2. The van der Waals surface area contributed by atoms with Crippen molar-refractivity contribution in [2.24, 2.45) is 0 Å². The Morgan fingerprint density at radius 3 is 1.06 bits per heavy atom. The molecule has 0 spiro atoms. The summed E-state index contributed by atoms with van der Waals surface area (Å²) in [6.07, 6.45) is 7.36. The highest BCUT2D eigenvalue weighted by atomic mass is 14.6. The van der Waals surface area contributed by atoms with Gasteiger partial charge in [0.2, 0.25) is 0 Å². The maximum absolute atomic E-state index is 4.25. The lowest BCUT2D eigenvalue weighted by Gasteiger charge is -2.13. The van der Waals surface area contributed by atoms with Crippen molar-refractivity contribution in [1.82, 2.24) is 9.97 Å². The van der Waals surface area contributed by atoms with Crippen LogP contribution in [0.25, 0.3) is 76.1 Å². The minimum Gasteiger partial charge on any atom is -0.264 e. The van der Waals surface area contributed by atoms with Gasteiger partial charge in [0.25, 0.3) is 0 Å². The first-order valence-electron chi connectivity index (χ1n) is 18.0. The molecule has 0 N–H and O–H groups in total. The summed E-state index contributed by atoms with van der Waals surface area (Å²) < 4.78 is 0. The molecule has 2 heteroatoms. The van der Waals surface area contributed by atoms with Crippen molar-refractivity contribution < 1.29 is 0 Å². The molecule has 0 unspecified atom stereocenters. The Morgan fingerprint density at radius 2 is 0.648 bits per heavy atom. The van der Waals surface area contributed by atoms with Crippen molar-refractivity contribution in [2.75, 3.05) is 0 Å². The van der Waals surface area contributed by atoms with Crippen LogP contribution >= 0.6 is 0 Å². The number of benzene rings is 8. The van der Waals surface area contributed by atoms with E-state index in [0.29, 0.717) is 0 Å². The van der Waals surface area contributed by atoms with Crippen molar-refractivity contribution >= 4 is 53.9 Å². The fourth-order valence-corrected chi connectivity index (χ4v) is 7.51. The Morgan fingerprint density at radius 1 is 0.296 bits per heavy atom. The van der Waals surface area contributed by atoms with Gasteiger partial charge in [-0.15, -0.1) is 0 Å². The van der Waals surface area contributed by atoms with E-state index < -0.39 is 0 Å². The molecule has 0 radical (unpaired) electrons. The first kappa shape index (κ1) is 31.2. The molecule has 2 aromatic heterocycles. The van der Waals surface area contributed by atoms with Gasteiger partial charge in [-0.2, -0.15) is 0 Å². The Hall–Kier alpha value is -7.52. The highest BCUT2D eigenvalue weighted by Crippen LogP contribution is 2.40. The summed E-state index contributed by atoms with van der Waals surface area (Å²) in [6.45, 7) is 0. The number of pyridine rings is 2. The lowest BCUT2D eigenvalue weighted by Crippen LogP contribution is -1.87. The first-order chi connectivity index (χ1) is 26.7. The van der Waals surface area contributed by atoms with Gasteiger partial charge in [0.1, 0.15) is 0 Å². The minimum atomic E-state index is 0.976. The molecule has 0 saturated carbocycles. The summed E-state index contributed by atoms with van der Waals surface area (Å²) in [5.41, 5.74) is 8.37. The van der Waals surface area contributed by atoms with Crippen LogP contribution in [0.2, 0.25) is 0 Å². The van der Waals surface area contributed by atoms with Crippen LogP contribution in [0, 0.1) is 23.7 Å². The van der Waals surface area contributed by atoms with Crippen LogP contribution < -0.4 is 0 Å². The van der Waals surface area contributed by atoms with E-state index in [1.807, 2.05) is 24.5 Å². The average Bonchev–Trinajstić information content (AvgIpc) is 3.25. The highest BCUT2D eigenvalue weighted by Gasteiger charge is 2.12. The van der Waals surface area contributed by atoms with E-state index in [0.717, 1.165) is 44.5 Å². The second-order valence-corrected chi connectivity index (χ2v) is 13.6. The van der Waals surface area contributed by atoms with E-state index in [9.17, 15) is 0 Å². The van der Waals surface area contributed by atoms with Crippen LogP contribution in [-0.4, -0.2) is 9.97 Å². The van der Waals surface area contributed by atoms with Gasteiger partial charge in [-0.3, -0.25) is 9.97 Å². The molecule has 8 aromatic carbocycles. The fourth-order valence-electron chi connectivity index (χ4n) is 7.51. The molecule has 248 valence electrons. The third-order valence-corrected chi connectivity index (χ3v) is 10.2. The molecule has 0 atom stereocenters. The van der Waals surface area contributed by atoms with Crippen molar-refractivity contribution in [2.45, 2.75) is 0 Å². The maximum atomic E-state index is 4.25. The van der Waals surface area contributed by atoms with E-state index >= 15 is 0 Å². The van der Waals surface area contributed by atoms with Crippen molar-refractivity contribution in [3.8, 4) is 45.9 Å². The van der Waals surface area contributed by atoms with Crippen LogP contribution in [0.4, 0.5) is 0 Å². The molecule has 54 heavy (non-hydrogen) atoms. The van der Waals surface area contributed by atoms with Crippen LogP contribution in [0.15, 0.2) is 183 Å². The fraction of sp³-hybridized carbons (Fsp3) is 0. The highest BCUT2D eigenvalue weighted by molar-refractivity contribution is 6.32. The molecule has 0 bridgehead atoms. The van der Waals surface area contributed by atoms with E-state index in [1.165, 1.54) is 53.9 Å². The predicted octanol–water partition coefficient (Wildman–Crippen LogP) is 12.4. The summed E-state index contributed by atoms with van der Waals surface area (Å²) >= 11 is 0. The van der Waals surface area contributed by atoms with E-state index in [2.05, 4.69) is 179 Å². The smallest absolute Gasteiger partial charge is 0.0346 e. The normalized spacial score (nSPS) is 11.0. The Kier molecular flexibility index (Phi) is 7.65. The number of hydrogen-bond acceptors (Lipinski definition) is 2.